The van der Waals surface area contributed by atoms with Crippen LogP contribution in [0.4, 0.5) is 5.69 Å². The highest BCUT2D eigenvalue weighted by molar-refractivity contribution is 5.86. The molecule has 232 valence electrons. The normalized spacial score (nSPS) is 17.3. The fourth-order valence-electron chi connectivity index (χ4n) is 4.26. The number of carbonyl (C=O) groups is 5. The summed E-state index contributed by atoms with van der Waals surface area (Å²) < 4.78 is 5.09. The smallest absolute Gasteiger partial charge is 0.330 e. The minimum atomic E-state index is -1.32. The fraction of sp³-hybridized carbons (Fsp3) is 0.560. The van der Waals surface area contributed by atoms with Gasteiger partial charge in [0.25, 0.3) is 5.69 Å². The van der Waals surface area contributed by atoms with Crippen molar-refractivity contribution in [3.63, 3.8) is 0 Å². The Bertz CT molecular complexity index is 1080. The number of aliphatic carboxylic acids is 3. The highest BCUT2D eigenvalue weighted by atomic mass is 16.6. The molecular formula is C25H35N6O11-. The van der Waals surface area contributed by atoms with Crippen LogP contribution in [0.15, 0.2) is 24.3 Å². The number of nitrogens with zero attached hydrogens (tertiary/aromatic N) is 5. The maximum absolute atomic E-state index is 12.9. The number of hydrogen-bond donors (Lipinski definition) is 3. The Morgan fingerprint density at radius 3 is 1.74 bits per heavy atom. The number of carboxylic acid groups (broad SMARTS) is 3. The van der Waals surface area contributed by atoms with Crippen LogP contribution in [0.3, 0.4) is 0 Å². The number of benzene rings is 1. The summed E-state index contributed by atoms with van der Waals surface area (Å²) in [5.74, 6) is -4.74. The van der Waals surface area contributed by atoms with Crippen LogP contribution in [-0.4, -0.2) is 149 Å². The molecule has 1 aliphatic heterocycles. The average Bonchev–Trinajstić information content (AvgIpc) is 2.90. The van der Waals surface area contributed by atoms with Crippen LogP contribution in [0.25, 0.3) is 0 Å². The maximum Gasteiger partial charge on any atom is 0.330 e. The van der Waals surface area contributed by atoms with Gasteiger partial charge < -0.3 is 30.2 Å². The van der Waals surface area contributed by atoms with Gasteiger partial charge >= 0.3 is 17.9 Å². The van der Waals surface area contributed by atoms with E-state index in [1.807, 2.05) is 0 Å². The van der Waals surface area contributed by atoms with E-state index >= 15 is 0 Å². The summed E-state index contributed by atoms with van der Waals surface area (Å²) in [6.07, 6.45) is 0. The molecule has 0 spiro atoms. The standard InChI is InChI=1S/C25H36N6O11/c1-18(25(39)26-14-24(38)42-20-4-2-19(3-5-20)31(40)41)30-12-10-28(16-22(34)35)8-6-27(15-21(32)33)7-9-29(11-13-30)17-23(36)37/h2-5,18H,6-17H2,1H3,(H,26,39)(H,32,33)(H,34,35)(H,36,37)/p-1/t18-/m0/s1. The lowest BCUT2D eigenvalue weighted by atomic mass is 10.2. The summed E-state index contributed by atoms with van der Waals surface area (Å²) in [6.45, 7) is 1.78. The molecule has 1 saturated heterocycles. The predicted octanol–water partition coefficient (Wildman–Crippen LogP) is -2.85. The van der Waals surface area contributed by atoms with Crippen molar-refractivity contribution in [2.75, 3.05) is 78.5 Å². The van der Waals surface area contributed by atoms with Gasteiger partial charge in [0.2, 0.25) is 5.91 Å². The fourth-order valence-corrected chi connectivity index (χ4v) is 4.26. The van der Waals surface area contributed by atoms with Crippen LogP contribution in [-0.2, 0) is 24.0 Å². The molecule has 0 bridgehead atoms. The van der Waals surface area contributed by atoms with Crippen LogP contribution in [0.5, 0.6) is 5.75 Å². The SMILES string of the molecule is C[C@@H](C(=O)NCC(=O)Oc1ccc([N+](=O)[O-])cc1)N1CCN(CC(=O)[O-])CCN(CC(=O)O)CCN(CC(=O)O)CC1. The minimum absolute atomic E-state index is 0.0596. The molecule has 1 aromatic rings. The number of nitro groups is 1. The lowest BCUT2D eigenvalue weighted by molar-refractivity contribution is -0.384. The highest BCUT2D eigenvalue weighted by Gasteiger charge is 2.25. The largest absolute Gasteiger partial charge is 0.549 e. The first-order valence-corrected chi connectivity index (χ1v) is 13.1. The van der Waals surface area contributed by atoms with Crippen LogP contribution in [0.1, 0.15) is 6.92 Å². The Kier molecular flexibility index (Phi) is 13.7. The van der Waals surface area contributed by atoms with Gasteiger partial charge in [-0.3, -0.25) is 44.1 Å². The molecule has 1 heterocycles. The van der Waals surface area contributed by atoms with Crippen molar-refractivity contribution in [1.82, 2.24) is 24.9 Å². The van der Waals surface area contributed by atoms with E-state index in [4.69, 9.17) is 4.74 Å². The quantitative estimate of drug-likeness (QED) is 0.0956. The highest BCUT2D eigenvalue weighted by Crippen LogP contribution is 2.17. The molecule has 0 unspecified atom stereocenters. The monoisotopic (exact) mass is 595 g/mol. The number of esters is 1. The third-order valence-electron chi connectivity index (χ3n) is 6.56. The summed E-state index contributed by atoms with van der Waals surface area (Å²) in [5, 5.41) is 43.1. The van der Waals surface area contributed by atoms with E-state index < -0.39 is 53.8 Å². The number of rotatable bonds is 12. The first kappa shape index (κ1) is 34.0. The summed E-state index contributed by atoms with van der Waals surface area (Å²) in [7, 11) is 0. The van der Waals surface area contributed by atoms with Crippen molar-refractivity contribution in [1.29, 1.82) is 0 Å². The third-order valence-corrected chi connectivity index (χ3v) is 6.56. The van der Waals surface area contributed by atoms with Crippen LogP contribution < -0.4 is 15.2 Å². The number of nitro benzene ring substituents is 1. The van der Waals surface area contributed by atoms with Crippen molar-refractivity contribution in [3.8, 4) is 5.75 Å². The van der Waals surface area contributed by atoms with Gasteiger partial charge in [-0.15, -0.1) is 0 Å². The van der Waals surface area contributed by atoms with E-state index in [0.717, 1.165) is 0 Å². The van der Waals surface area contributed by atoms with Gasteiger partial charge in [-0.25, -0.2) is 4.79 Å². The van der Waals surface area contributed by atoms with Gasteiger partial charge in [-0.05, 0) is 19.1 Å². The molecule has 42 heavy (non-hydrogen) atoms. The van der Waals surface area contributed by atoms with Gasteiger partial charge in [-0.2, -0.15) is 0 Å². The minimum Gasteiger partial charge on any atom is -0.549 e. The Morgan fingerprint density at radius 2 is 1.31 bits per heavy atom. The second-order valence-corrected chi connectivity index (χ2v) is 9.64. The Balaban J connectivity index is 2.07. The molecule has 0 saturated carbocycles. The number of nitrogens with one attached hydrogen (secondary N) is 1. The summed E-state index contributed by atoms with van der Waals surface area (Å²) in [4.78, 5) is 75.9. The van der Waals surface area contributed by atoms with Gasteiger partial charge in [0.05, 0.1) is 30.0 Å². The second kappa shape index (κ2) is 16.9. The number of hydrogen-bond acceptors (Lipinski definition) is 13. The van der Waals surface area contributed by atoms with E-state index in [1.54, 1.807) is 26.5 Å². The van der Waals surface area contributed by atoms with Crippen LogP contribution in [0, 0.1) is 10.1 Å². The molecule has 3 N–H and O–H groups in total. The average molecular weight is 596 g/mol. The molecule has 0 aromatic heterocycles. The molecule has 0 radical (unpaired) electrons. The second-order valence-electron chi connectivity index (χ2n) is 9.64. The molecule has 17 nitrogen and oxygen atoms in total. The van der Waals surface area contributed by atoms with Crippen molar-refractivity contribution in [2.24, 2.45) is 0 Å². The zero-order valence-electron chi connectivity index (χ0n) is 23.2. The van der Waals surface area contributed by atoms with Crippen molar-refractivity contribution in [2.45, 2.75) is 13.0 Å². The van der Waals surface area contributed by atoms with Gasteiger partial charge in [0.15, 0.2) is 0 Å². The van der Waals surface area contributed by atoms with E-state index in [9.17, 15) is 49.4 Å². The first-order valence-electron chi connectivity index (χ1n) is 13.1. The van der Waals surface area contributed by atoms with Crippen molar-refractivity contribution >= 4 is 35.5 Å². The molecular weight excluding hydrogens is 560 g/mol. The number of amides is 1. The summed E-state index contributed by atoms with van der Waals surface area (Å²) >= 11 is 0. The lowest BCUT2D eigenvalue weighted by Crippen LogP contribution is -2.53. The first-order chi connectivity index (χ1) is 19.8. The topological polar surface area (TPSA) is 226 Å². The molecule has 2 rings (SSSR count). The Hall–Kier alpha value is -4.19. The van der Waals surface area contributed by atoms with Crippen LogP contribution >= 0.6 is 0 Å². The summed E-state index contributed by atoms with van der Waals surface area (Å²) in [5.41, 5.74) is -0.180. The van der Waals surface area contributed by atoms with Gasteiger partial charge in [0, 0.05) is 71.0 Å². The van der Waals surface area contributed by atoms with Gasteiger partial charge in [-0.1, -0.05) is 0 Å². The van der Waals surface area contributed by atoms with Crippen LogP contribution in [0.2, 0.25) is 0 Å². The zero-order chi connectivity index (χ0) is 31.2. The van der Waals surface area contributed by atoms with Gasteiger partial charge in [0.1, 0.15) is 12.3 Å². The number of carboxylic acids is 3. The predicted molar refractivity (Wildman–Crippen MR) is 142 cm³/mol. The molecule has 1 amide bonds. The number of carbonyl (C=O) groups excluding carboxylic acids is 3. The Labute approximate surface area is 241 Å². The maximum atomic E-state index is 12.9. The molecule has 1 fully saturated rings. The van der Waals surface area contributed by atoms with E-state index in [0.29, 0.717) is 0 Å². The Morgan fingerprint density at radius 1 is 0.857 bits per heavy atom. The molecule has 1 aliphatic rings. The molecule has 1 aromatic carbocycles. The molecule has 1 atom stereocenters. The lowest BCUT2D eigenvalue weighted by Gasteiger charge is -2.35. The van der Waals surface area contributed by atoms with E-state index in [2.05, 4.69) is 5.32 Å². The van der Waals surface area contributed by atoms with E-state index in [-0.39, 0.29) is 76.9 Å². The van der Waals surface area contributed by atoms with E-state index in [1.165, 1.54) is 24.3 Å². The number of ether oxygens (including phenoxy) is 1. The molecule has 17 heteroatoms. The number of non-ortho nitro benzene ring substituents is 1. The van der Waals surface area contributed by atoms with Crippen molar-refractivity contribution in [3.05, 3.63) is 34.4 Å². The third kappa shape index (κ3) is 12.5. The summed E-state index contributed by atoms with van der Waals surface area (Å²) in [6, 6.07) is 4.03. The van der Waals surface area contributed by atoms with Crippen molar-refractivity contribution < 1.29 is 49.0 Å². The molecule has 0 aliphatic carbocycles. The zero-order valence-corrected chi connectivity index (χ0v) is 23.2.